The van der Waals surface area contributed by atoms with Crippen LogP contribution in [-0.2, 0) is 35.1 Å². The van der Waals surface area contributed by atoms with Crippen LogP contribution in [0.25, 0.3) is 0 Å². The van der Waals surface area contributed by atoms with Gasteiger partial charge in [-0.25, -0.2) is 0 Å². The van der Waals surface area contributed by atoms with Gasteiger partial charge >= 0.3 is 5.97 Å². The number of carbonyl (C=O) groups is 1. The number of benzene rings is 1. The minimum absolute atomic E-state index is 0.122. The Morgan fingerprint density at radius 2 is 1.12 bits per heavy atom. The van der Waals surface area contributed by atoms with Gasteiger partial charge in [0.05, 0.1) is 33.0 Å². The van der Waals surface area contributed by atoms with Crippen LogP contribution in [0.15, 0.2) is 30.3 Å². The lowest BCUT2D eigenvalue weighted by atomic mass is 10.1. The van der Waals surface area contributed by atoms with Crippen LogP contribution in [0.5, 0.6) is 0 Å². The SMILES string of the molecule is CC(C)(C)OC(=O)CCCCCOCCOCCOCCCCCCOCc1ccccc1. The molecule has 0 N–H and O–H groups in total. The summed E-state index contributed by atoms with van der Waals surface area (Å²) in [6.45, 7) is 11.1. The number of rotatable bonds is 21. The van der Waals surface area contributed by atoms with Crippen LogP contribution in [0, 0.1) is 0 Å². The minimum Gasteiger partial charge on any atom is -0.460 e. The van der Waals surface area contributed by atoms with Crippen molar-refractivity contribution in [3.8, 4) is 0 Å². The summed E-state index contributed by atoms with van der Waals surface area (Å²) >= 11 is 0. The van der Waals surface area contributed by atoms with E-state index >= 15 is 0 Å². The highest BCUT2D eigenvalue weighted by Crippen LogP contribution is 2.10. The van der Waals surface area contributed by atoms with Gasteiger partial charge in [-0.1, -0.05) is 49.6 Å². The Hall–Kier alpha value is -1.47. The lowest BCUT2D eigenvalue weighted by molar-refractivity contribution is -0.154. The smallest absolute Gasteiger partial charge is 0.306 e. The summed E-state index contributed by atoms with van der Waals surface area (Å²) < 4.78 is 27.7. The maximum atomic E-state index is 11.6. The van der Waals surface area contributed by atoms with Crippen molar-refractivity contribution in [2.45, 2.75) is 84.3 Å². The van der Waals surface area contributed by atoms with Crippen molar-refractivity contribution < 1.29 is 28.5 Å². The average Bonchev–Trinajstić information content (AvgIpc) is 2.77. The maximum Gasteiger partial charge on any atom is 0.306 e. The molecule has 33 heavy (non-hydrogen) atoms. The van der Waals surface area contributed by atoms with Crippen LogP contribution in [0.2, 0.25) is 0 Å². The quantitative estimate of drug-likeness (QED) is 0.171. The Labute approximate surface area is 201 Å². The first-order valence-electron chi connectivity index (χ1n) is 12.5. The van der Waals surface area contributed by atoms with Gasteiger partial charge in [0.2, 0.25) is 0 Å². The van der Waals surface area contributed by atoms with Crippen LogP contribution in [0.3, 0.4) is 0 Å². The molecule has 0 heterocycles. The number of carbonyl (C=O) groups excluding carboxylic acids is 1. The molecule has 0 unspecified atom stereocenters. The van der Waals surface area contributed by atoms with Crippen molar-refractivity contribution >= 4 is 5.97 Å². The molecule has 0 bridgehead atoms. The number of ether oxygens (including phenoxy) is 5. The average molecular weight is 467 g/mol. The van der Waals surface area contributed by atoms with Gasteiger partial charge in [-0.15, -0.1) is 0 Å². The van der Waals surface area contributed by atoms with Crippen molar-refractivity contribution in [2.24, 2.45) is 0 Å². The summed E-state index contributed by atoms with van der Waals surface area (Å²) in [4.78, 5) is 11.6. The van der Waals surface area contributed by atoms with E-state index in [9.17, 15) is 4.79 Å². The zero-order chi connectivity index (χ0) is 24.0. The fraction of sp³-hybridized carbons (Fsp3) is 0.741. The molecule has 0 aliphatic carbocycles. The van der Waals surface area contributed by atoms with Gasteiger partial charge in [0.15, 0.2) is 0 Å². The number of hydrogen-bond donors (Lipinski definition) is 0. The van der Waals surface area contributed by atoms with Gasteiger partial charge in [0.25, 0.3) is 0 Å². The Kier molecular flexibility index (Phi) is 17.9. The third-order valence-electron chi connectivity index (χ3n) is 4.77. The van der Waals surface area contributed by atoms with Gasteiger partial charge in [0, 0.05) is 26.2 Å². The second-order valence-electron chi connectivity index (χ2n) is 9.19. The predicted octanol–water partition coefficient (Wildman–Crippen LogP) is 5.72. The van der Waals surface area contributed by atoms with Crippen LogP contribution < -0.4 is 0 Å². The van der Waals surface area contributed by atoms with E-state index in [1.54, 1.807) is 0 Å². The van der Waals surface area contributed by atoms with E-state index in [0.29, 0.717) is 46.1 Å². The zero-order valence-corrected chi connectivity index (χ0v) is 21.1. The number of hydrogen-bond acceptors (Lipinski definition) is 6. The van der Waals surface area contributed by atoms with Crippen LogP contribution in [0.1, 0.15) is 77.7 Å². The van der Waals surface area contributed by atoms with Crippen molar-refractivity contribution in [2.75, 3.05) is 46.2 Å². The van der Waals surface area contributed by atoms with Gasteiger partial charge in [-0.3, -0.25) is 4.79 Å². The van der Waals surface area contributed by atoms with Crippen molar-refractivity contribution in [1.29, 1.82) is 0 Å². The van der Waals surface area contributed by atoms with Crippen LogP contribution in [0.4, 0.5) is 0 Å². The van der Waals surface area contributed by atoms with E-state index in [1.807, 2.05) is 39.0 Å². The third kappa shape index (κ3) is 20.8. The first kappa shape index (κ1) is 29.6. The molecular formula is C27H46O6. The van der Waals surface area contributed by atoms with Gasteiger partial charge in [0.1, 0.15) is 5.60 Å². The highest BCUT2D eigenvalue weighted by molar-refractivity contribution is 5.69. The van der Waals surface area contributed by atoms with E-state index in [2.05, 4.69) is 12.1 Å². The first-order valence-corrected chi connectivity index (χ1v) is 12.5. The molecular weight excluding hydrogens is 420 g/mol. The second kappa shape index (κ2) is 20.0. The maximum absolute atomic E-state index is 11.6. The number of unbranched alkanes of at least 4 members (excludes halogenated alkanes) is 5. The molecule has 1 rings (SSSR count). The highest BCUT2D eigenvalue weighted by atomic mass is 16.6. The Morgan fingerprint density at radius 1 is 0.636 bits per heavy atom. The minimum atomic E-state index is -0.399. The molecule has 1 aromatic rings. The lowest BCUT2D eigenvalue weighted by Gasteiger charge is -2.19. The molecule has 0 atom stereocenters. The van der Waals surface area contributed by atoms with E-state index in [1.165, 1.54) is 18.4 Å². The van der Waals surface area contributed by atoms with Crippen molar-refractivity contribution in [3.63, 3.8) is 0 Å². The zero-order valence-electron chi connectivity index (χ0n) is 21.1. The van der Waals surface area contributed by atoms with E-state index in [-0.39, 0.29) is 5.97 Å². The third-order valence-corrected chi connectivity index (χ3v) is 4.77. The van der Waals surface area contributed by atoms with Crippen LogP contribution in [-0.4, -0.2) is 57.8 Å². The molecule has 0 aromatic heterocycles. The van der Waals surface area contributed by atoms with Crippen LogP contribution >= 0.6 is 0 Å². The van der Waals surface area contributed by atoms with E-state index < -0.39 is 5.60 Å². The summed E-state index contributed by atoms with van der Waals surface area (Å²) in [6.07, 6.45) is 7.75. The van der Waals surface area contributed by atoms with Crippen molar-refractivity contribution in [1.82, 2.24) is 0 Å². The molecule has 0 aliphatic heterocycles. The van der Waals surface area contributed by atoms with E-state index in [0.717, 1.165) is 45.3 Å². The largest absolute Gasteiger partial charge is 0.460 e. The molecule has 0 saturated heterocycles. The van der Waals surface area contributed by atoms with Crippen molar-refractivity contribution in [3.05, 3.63) is 35.9 Å². The van der Waals surface area contributed by atoms with Gasteiger partial charge in [-0.2, -0.15) is 0 Å². The monoisotopic (exact) mass is 466 g/mol. The molecule has 6 heteroatoms. The molecule has 0 fully saturated rings. The molecule has 6 nitrogen and oxygen atoms in total. The van der Waals surface area contributed by atoms with Gasteiger partial charge < -0.3 is 23.7 Å². The molecule has 0 spiro atoms. The molecule has 0 amide bonds. The van der Waals surface area contributed by atoms with Gasteiger partial charge in [-0.05, 0) is 52.0 Å². The summed E-state index contributed by atoms with van der Waals surface area (Å²) in [5, 5.41) is 0. The molecule has 0 radical (unpaired) electrons. The Bertz CT molecular complexity index is 570. The highest BCUT2D eigenvalue weighted by Gasteiger charge is 2.15. The summed E-state index contributed by atoms with van der Waals surface area (Å²) in [7, 11) is 0. The lowest BCUT2D eigenvalue weighted by Crippen LogP contribution is -2.23. The normalized spacial score (nSPS) is 11.6. The molecule has 0 aliphatic rings. The molecule has 0 saturated carbocycles. The Balaban J connectivity index is 1.70. The summed E-state index contributed by atoms with van der Waals surface area (Å²) in [5.41, 5.74) is 0.830. The fourth-order valence-electron chi connectivity index (χ4n) is 3.11. The molecule has 190 valence electrons. The molecule has 1 aromatic carbocycles. The predicted molar refractivity (Wildman–Crippen MR) is 131 cm³/mol. The fourth-order valence-corrected chi connectivity index (χ4v) is 3.11. The standard InChI is InChI=1S/C27H46O6/c1-27(2,3)33-26(28)16-10-7-13-18-30-21-23-31-22-20-29-17-11-4-5-12-19-32-24-25-14-8-6-9-15-25/h6,8-9,14-15H,4-5,7,10-13,16-24H2,1-3H3. The number of esters is 1. The second-order valence-corrected chi connectivity index (χ2v) is 9.19. The first-order chi connectivity index (χ1) is 16.0. The summed E-state index contributed by atoms with van der Waals surface area (Å²) in [6, 6.07) is 10.3. The van der Waals surface area contributed by atoms with E-state index in [4.69, 9.17) is 23.7 Å². The summed E-state index contributed by atoms with van der Waals surface area (Å²) in [5.74, 6) is -0.122. The topological polar surface area (TPSA) is 63.2 Å². The Morgan fingerprint density at radius 3 is 1.67 bits per heavy atom.